The summed E-state index contributed by atoms with van der Waals surface area (Å²) in [5, 5.41) is 2.93. The molecule has 2 fully saturated rings. The molecule has 0 bridgehead atoms. The molecule has 154 valence electrons. The molecule has 3 rings (SSSR count). The van der Waals surface area contributed by atoms with Crippen LogP contribution in [0, 0.1) is 5.92 Å². The van der Waals surface area contributed by atoms with Crippen molar-refractivity contribution in [2.24, 2.45) is 5.92 Å². The zero-order valence-corrected chi connectivity index (χ0v) is 16.9. The Kier molecular flexibility index (Phi) is 7.86. The van der Waals surface area contributed by atoms with Gasteiger partial charge in [0.2, 0.25) is 11.8 Å². The Balaban J connectivity index is 1.51. The lowest BCUT2D eigenvalue weighted by Gasteiger charge is -2.37. The minimum Gasteiger partial charge on any atom is -0.385 e. The number of piperazine rings is 1. The Morgan fingerprint density at radius 2 is 1.93 bits per heavy atom. The van der Waals surface area contributed by atoms with Gasteiger partial charge in [-0.25, -0.2) is 0 Å². The monoisotopic (exact) mass is 387 g/mol. The molecule has 1 aromatic rings. The molecule has 6 nitrogen and oxygen atoms in total. The molecule has 0 saturated carbocycles. The number of amides is 2. The largest absolute Gasteiger partial charge is 0.385 e. The molecule has 1 N–H and O–H groups in total. The summed E-state index contributed by atoms with van der Waals surface area (Å²) in [5.74, 6) is 0.771. The van der Waals surface area contributed by atoms with Crippen LogP contribution in [0.2, 0.25) is 0 Å². The van der Waals surface area contributed by atoms with E-state index in [-0.39, 0.29) is 24.3 Å². The smallest absolute Gasteiger partial charge is 0.237 e. The number of hydrogen-bond acceptors (Lipinski definition) is 4. The summed E-state index contributed by atoms with van der Waals surface area (Å²) in [6.45, 7) is 4.55. The van der Waals surface area contributed by atoms with Crippen molar-refractivity contribution in [3.63, 3.8) is 0 Å². The fourth-order valence-corrected chi connectivity index (χ4v) is 4.27. The van der Waals surface area contributed by atoms with Crippen LogP contribution in [0.25, 0.3) is 0 Å². The summed E-state index contributed by atoms with van der Waals surface area (Å²) in [5.41, 5.74) is 1.17. The average Bonchev–Trinajstić information content (AvgIpc) is 2.72. The second-order valence-corrected chi connectivity index (χ2v) is 7.93. The average molecular weight is 388 g/mol. The third kappa shape index (κ3) is 5.79. The van der Waals surface area contributed by atoms with Crippen LogP contribution in [-0.4, -0.2) is 67.6 Å². The zero-order chi connectivity index (χ0) is 19.8. The molecule has 2 amide bonds. The molecule has 2 saturated heterocycles. The van der Waals surface area contributed by atoms with Crippen molar-refractivity contribution in [3.05, 3.63) is 35.9 Å². The number of nitrogens with zero attached hydrogens (tertiary/aromatic N) is 2. The Morgan fingerprint density at radius 3 is 2.64 bits per heavy atom. The molecule has 1 atom stereocenters. The highest BCUT2D eigenvalue weighted by atomic mass is 16.5. The first-order valence-corrected chi connectivity index (χ1v) is 10.5. The summed E-state index contributed by atoms with van der Waals surface area (Å²) < 4.78 is 5.13. The van der Waals surface area contributed by atoms with Crippen LogP contribution in [0.4, 0.5) is 0 Å². The molecule has 2 heterocycles. The van der Waals surface area contributed by atoms with E-state index in [1.54, 1.807) is 7.11 Å². The van der Waals surface area contributed by atoms with E-state index in [4.69, 9.17) is 4.74 Å². The van der Waals surface area contributed by atoms with E-state index >= 15 is 0 Å². The van der Waals surface area contributed by atoms with Crippen molar-refractivity contribution < 1.29 is 14.3 Å². The Bertz CT molecular complexity index is 629. The van der Waals surface area contributed by atoms with Crippen LogP contribution < -0.4 is 5.32 Å². The number of piperidine rings is 1. The van der Waals surface area contributed by atoms with E-state index in [1.165, 1.54) is 12.0 Å². The maximum atomic E-state index is 12.9. The molecular weight excluding hydrogens is 354 g/mol. The van der Waals surface area contributed by atoms with E-state index in [0.717, 1.165) is 45.5 Å². The molecule has 1 aromatic carbocycles. The molecule has 6 heteroatoms. The van der Waals surface area contributed by atoms with Crippen molar-refractivity contribution in [1.82, 2.24) is 15.1 Å². The molecular formula is C22H33N3O3. The van der Waals surface area contributed by atoms with Crippen molar-refractivity contribution in [1.29, 1.82) is 0 Å². The second-order valence-electron chi connectivity index (χ2n) is 7.93. The molecule has 2 aliphatic heterocycles. The van der Waals surface area contributed by atoms with Crippen LogP contribution in [0.3, 0.4) is 0 Å². The first-order valence-electron chi connectivity index (χ1n) is 10.5. The van der Waals surface area contributed by atoms with Gasteiger partial charge in [0.25, 0.3) is 0 Å². The highest BCUT2D eigenvalue weighted by molar-refractivity contribution is 5.88. The van der Waals surface area contributed by atoms with Crippen molar-refractivity contribution in [2.75, 3.05) is 39.9 Å². The third-order valence-corrected chi connectivity index (χ3v) is 5.97. The second kappa shape index (κ2) is 10.6. The van der Waals surface area contributed by atoms with Gasteiger partial charge in [0.05, 0.1) is 12.5 Å². The van der Waals surface area contributed by atoms with Crippen LogP contribution in [0.15, 0.2) is 30.3 Å². The predicted molar refractivity (Wildman–Crippen MR) is 109 cm³/mol. The van der Waals surface area contributed by atoms with Crippen molar-refractivity contribution in [3.8, 4) is 0 Å². The minimum atomic E-state index is -0.374. The van der Waals surface area contributed by atoms with E-state index in [9.17, 15) is 9.59 Å². The molecule has 2 aliphatic rings. The van der Waals surface area contributed by atoms with E-state index in [1.807, 2.05) is 23.1 Å². The summed E-state index contributed by atoms with van der Waals surface area (Å²) in [7, 11) is 1.74. The number of methoxy groups -OCH3 is 1. The van der Waals surface area contributed by atoms with Crippen molar-refractivity contribution in [2.45, 2.75) is 44.7 Å². The quantitative estimate of drug-likeness (QED) is 0.694. The normalized spacial score (nSPS) is 21.5. The lowest BCUT2D eigenvalue weighted by Crippen LogP contribution is -2.56. The maximum Gasteiger partial charge on any atom is 0.237 e. The number of carbonyl (C=O) groups excluding carboxylic acids is 2. The van der Waals surface area contributed by atoms with E-state index < -0.39 is 0 Å². The van der Waals surface area contributed by atoms with Gasteiger partial charge in [0, 0.05) is 46.4 Å². The highest BCUT2D eigenvalue weighted by Crippen LogP contribution is 2.23. The molecule has 0 radical (unpaired) electrons. The number of nitrogens with one attached hydrogen (secondary N) is 1. The predicted octanol–water partition coefficient (Wildman–Crippen LogP) is 2.04. The van der Waals surface area contributed by atoms with Crippen LogP contribution in [0.1, 0.15) is 37.7 Å². The van der Waals surface area contributed by atoms with Gasteiger partial charge in [-0.1, -0.05) is 30.3 Å². The summed E-state index contributed by atoms with van der Waals surface area (Å²) in [4.78, 5) is 29.4. The van der Waals surface area contributed by atoms with Gasteiger partial charge in [-0.3, -0.25) is 14.5 Å². The molecule has 0 aliphatic carbocycles. The molecule has 0 unspecified atom stereocenters. The van der Waals surface area contributed by atoms with Crippen LogP contribution in [0.5, 0.6) is 0 Å². The number of hydrogen-bond donors (Lipinski definition) is 1. The van der Waals surface area contributed by atoms with Gasteiger partial charge >= 0.3 is 0 Å². The maximum absolute atomic E-state index is 12.9. The SMILES string of the molecule is COCCCC1CCN(C(=O)C[C@H]2C(=O)NCCN2Cc2ccccc2)CC1. The van der Waals surface area contributed by atoms with Gasteiger partial charge < -0.3 is 15.0 Å². The van der Waals surface area contributed by atoms with E-state index in [0.29, 0.717) is 19.0 Å². The summed E-state index contributed by atoms with van der Waals surface area (Å²) in [6.07, 6.45) is 4.64. The lowest BCUT2D eigenvalue weighted by atomic mass is 9.92. The van der Waals surface area contributed by atoms with Crippen molar-refractivity contribution >= 4 is 11.8 Å². The van der Waals surface area contributed by atoms with Gasteiger partial charge in [0.1, 0.15) is 0 Å². The highest BCUT2D eigenvalue weighted by Gasteiger charge is 2.33. The number of likely N-dealkylation sites (tertiary alicyclic amines) is 1. The zero-order valence-electron chi connectivity index (χ0n) is 16.9. The Labute approximate surface area is 168 Å². The van der Waals surface area contributed by atoms with Gasteiger partial charge in [-0.2, -0.15) is 0 Å². The molecule has 28 heavy (non-hydrogen) atoms. The van der Waals surface area contributed by atoms with Gasteiger partial charge in [-0.05, 0) is 37.2 Å². The fourth-order valence-electron chi connectivity index (χ4n) is 4.27. The topological polar surface area (TPSA) is 61.9 Å². The Hall–Kier alpha value is -1.92. The van der Waals surface area contributed by atoms with Crippen LogP contribution in [-0.2, 0) is 20.9 Å². The summed E-state index contributed by atoms with van der Waals surface area (Å²) in [6, 6.07) is 9.78. The molecule has 0 spiro atoms. The summed E-state index contributed by atoms with van der Waals surface area (Å²) >= 11 is 0. The number of ether oxygens (including phenoxy) is 1. The lowest BCUT2D eigenvalue weighted by molar-refractivity contribution is -0.140. The first-order chi connectivity index (χ1) is 13.7. The van der Waals surface area contributed by atoms with E-state index in [2.05, 4.69) is 22.3 Å². The third-order valence-electron chi connectivity index (χ3n) is 5.97. The number of rotatable bonds is 8. The van der Waals surface area contributed by atoms with Gasteiger partial charge in [0.15, 0.2) is 0 Å². The first kappa shape index (κ1) is 20.8. The van der Waals surface area contributed by atoms with Crippen LogP contribution >= 0.6 is 0 Å². The fraction of sp³-hybridized carbons (Fsp3) is 0.636. The standard InChI is InChI=1S/C22H33N3O3/c1-28-15-5-8-18-9-12-24(13-10-18)21(26)16-20-22(27)23-11-14-25(20)17-19-6-3-2-4-7-19/h2-4,6-7,18,20H,5,8-17H2,1H3,(H,23,27)/t20-/m0/s1. The van der Waals surface area contributed by atoms with Gasteiger partial charge in [-0.15, -0.1) is 0 Å². The number of carbonyl (C=O) groups is 2. The minimum absolute atomic E-state index is 0.0232. The number of benzene rings is 1. The molecule has 0 aromatic heterocycles. The Morgan fingerprint density at radius 1 is 1.18 bits per heavy atom.